The zero-order valence-electron chi connectivity index (χ0n) is 12.2. The van der Waals surface area contributed by atoms with E-state index in [2.05, 4.69) is 0 Å². The molecule has 3 rings (SSSR count). The fraction of sp³-hybridized carbons (Fsp3) is 0.529. The Hall–Kier alpha value is -1.03. The van der Waals surface area contributed by atoms with Crippen LogP contribution in [0.25, 0.3) is 10.1 Å². The van der Waals surface area contributed by atoms with Gasteiger partial charge >= 0.3 is 5.51 Å². The summed E-state index contributed by atoms with van der Waals surface area (Å²) in [6, 6.07) is 7.29. The summed E-state index contributed by atoms with van der Waals surface area (Å²) in [5.41, 5.74) is -3.11. The predicted octanol–water partition coefficient (Wildman–Crippen LogP) is 6.68. The minimum absolute atomic E-state index is 0.126. The van der Waals surface area contributed by atoms with Crippen molar-refractivity contribution in [3.63, 3.8) is 0 Å². The van der Waals surface area contributed by atoms with Crippen LogP contribution in [0.1, 0.15) is 55.4 Å². The third kappa shape index (κ3) is 2.70. The number of hydrogen-bond acceptors (Lipinski definition) is 0. The molecule has 0 aliphatic heterocycles. The molecule has 0 nitrogen and oxygen atoms in total. The number of hydrogen-bond donors (Lipinski definition) is 0. The Bertz CT molecular complexity index is 633. The van der Waals surface area contributed by atoms with Crippen LogP contribution < -0.4 is 0 Å². The molecule has 114 valence electrons. The summed E-state index contributed by atoms with van der Waals surface area (Å²) in [6.45, 7) is 2.01. The monoisotopic (exact) mass is 313 g/mol. The number of thiophene rings is 1. The fourth-order valence-electron chi connectivity index (χ4n) is 3.50. The van der Waals surface area contributed by atoms with Gasteiger partial charge in [-0.1, -0.05) is 38.3 Å². The van der Waals surface area contributed by atoms with Gasteiger partial charge in [-0.2, -0.15) is 0 Å². The highest BCUT2D eigenvalue weighted by Crippen LogP contribution is 2.55. The van der Waals surface area contributed by atoms with Crippen molar-refractivity contribution in [2.24, 2.45) is 0 Å². The van der Waals surface area contributed by atoms with Gasteiger partial charge in [0.25, 0.3) is 0 Å². The summed E-state index contributed by atoms with van der Waals surface area (Å²) < 4.78 is 41.5. The van der Waals surface area contributed by atoms with Crippen molar-refractivity contribution < 1.29 is 13.2 Å². The average molecular weight is 313 g/mol. The lowest BCUT2D eigenvalue weighted by Gasteiger charge is -2.18. The molecule has 1 aliphatic carbocycles. The SMILES string of the molecule is CCc1cccc2c1cc(C1CCCCC1)[s+]2C(F)(F)F. The summed E-state index contributed by atoms with van der Waals surface area (Å²) >= 11 is 0. The Morgan fingerprint density at radius 3 is 2.48 bits per heavy atom. The number of halogens is 3. The Labute approximate surface area is 125 Å². The maximum absolute atomic E-state index is 13.7. The quantitative estimate of drug-likeness (QED) is 0.543. The highest BCUT2D eigenvalue weighted by atomic mass is 32.2. The van der Waals surface area contributed by atoms with Crippen LogP contribution in [0.3, 0.4) is 0 Å². The molecule has 0 saturated heterocycles. The van der Waals surface area contributed by atoms with Crippen molar-refractivity contribution in [3.8, 4) is 0 Å². The molecule has 0 bridgehead atoms. The summed E-state index contributed by atoms with van der Waals surface area (Å²) in [7, 11) is -1.71. The van der Waals surface area contributed by atoms with Gasteiger partial charge in [-0.15, -0.1) is 13.2 Å². The molecule has 1 aromatic heterocycles. The lowest BCUT2D eigenvalue weighted by molar-refractivity contribution is -0.0868. The minimum atomic E-state index is -4.15. The summed E-state index contributed by atoms with van der Waals surface area (Å²) in [4.78, 5) is 0.651. The zero-order valence-corrected chi connectivity index (χ0v) is 13.0. The first kappa shape index (κ1) is 14.9. The van der Waals surface area contributed by atoms with E-state index in [1.165, 1.54) is 0 Å². The van der Waals surface area contributed by atoms with Crippen LogP contribution >= 0.6 is 10.5 Å². The van der Waals surface area contributed by atoms with Crippen LogP contribution in [0.15, 0.2) is 24.3 Å². The number of aryl methyl sites for hydroxylation is 1. The zero-order chi connectivity index (χ0) is 15.0. The largest absolute Gasteiger partial charge is 0.600 e. The first-order chi connectivity index (χ1) is 10.0. The van der Waals surface area contributed by atoms with E-state index in [1.54, 1.807) is 12.1 Å². The summed E-state index contributed by atoms with van der Waals surface area (Å²) in [5.74, 6) is 0.126. The molecule has 1 atom stereocenters. The van der Waals surface area contributed by atoms with Gasteiger partial charge in [0.2, 0.25) is 0 Å². The predicted molar refractivity (Wildman–Crippen MR) is 82.9 cm³/mol. The fourth-order valence-corrected chi connectivity index (χ4v) is 5.70. The molecule has 1 aromatic carbocycles. The molecule has 0 spiro atoms. The van der Waals surface area contributed by atoms with Crippen molar-refractivity contribution in [2.45, 2.75) is 56.9 Å². The number of alkyl halides is 3. The second kappa shape index (κ2) is 5.64. The molecule has 0 amide bonds. The van der Waals surface area contributed by atoms with Crippen LogP contribution in [0, 0.1) is 0 Å². The summed E-state index contributed by atoms with van der Waals surface area (Å²) in [5, 5.41) is 0.848. The van der Waals surface area contributed by atoms with Crippen LogP contribution in [0.5, 0.6) is 0 Å². The first-order valence-corrected chi connectivity index (χ1v) is 8.89. The van der Waals surface area contributed by atoms with Gasteiger partial charge < -0.3 is 0 Å². The van der Waals surface area contributed by atoms with Crippen molar-refractivity contribution in [2.75, 3.05) is 0 Å². The molecule has 0 N–H and O–H groups in total. The second-order valence-electron chi connectivity index (χ2n) is 5.82. The van der Waals surface area contributed by atoms with E-state index in [0.29, 0.717) is 9.58 Å². The van der Waals surface area contributed by atoms with Crippen molar-refractivity contribution in [1.29, 1.82) is 0 Å². The molecule has 1 saturated carbocycles. The standard InChI is InChI=1S/C17H20F3S/c1-2-12-9-6-10-15-14(12)11-16(21(15)17(18,19)20)13-7-4-3-5-8-13/h6,9-11,13H,2-5,7-8H2,1H3/q+1. The smallest absolute Gasteiger partial charge is 0.118 e. The van der Waals surface area contributed by atoms with Crippen molar-refractivity contribution >= 4 is 20.6 Å². The molecule has 1 fully saturated rings. The van der Waals surface area contributed by atoms with Gasteiger partial charge in [0.05, 0.1) is 10.5 Å². The van der Waals surface area contributed by atoms with Crippen LogP contribution in [0.2, 0.25) is 0 Å². The normalized spacial score (nSPS) is 18.4. The van der Waals surface area contributed by atoms with Gasteiger partial charge in [-0.25, -0.2) is 0 Å². The number of rotatable bonds is 2. The van der Waals surface area contributed by atoms with Gasteiger partial charge in [-0.3, -0.25) is 0 Å². The van der Waals surface area contributed by atoms with Gasteiger partial charge in [0, 0.05) is 17.4 Å². The molecule has 4 heteroatoms. The van der Waals surface area contributed by atoms with Crippen molar-refractivity contribution in [1.82, 2.24) is 0 Å². The Kier molecular flexibility index (Phi) is 4.00. The molecule has 1 aliphatic rings. The van der Waals surface area contributed by atoms with Gasteiger partial charge in [-0.05, 0) is 30.9 Å². The van der Waals surface area contributed by atoms with Crippen LogP contribution in [-0.4, -0.2) is 0 Å². The highest BCUT2D eigenvalue weighted by Gasteiger charge is 2.49. The van der Waals surface area contributed by atoms with Crippen molar-refractivity contribution in [3.05, 3.63) is 34.7 Å². The Balaban J connectivity index is 2.22. The Morgan fingerprint density at radius 1 is 1.14 bits per heavy atom. The van der Waals surface area contributed by atoms with Crippen LogP contribution in [-0.2, 0) is 11.9 Å². The van der Waals surface area contributed by atoms with E-state index >= 15 is 0 Å². The van der Waals surface area contributed by atoms with E-state index in [-0.39, 0.29) is 5.92 Å². The highest BCUT2D eigenvalue weighted by molar-refractivity contribution is 7.38. The second-order valence-corrected chi connectivity index (χ2v) is 7.80. The van der Waals surface area contributed by atoms with Gasteiger partial charge in [0.1, 0.15) is 0 Å². The third-order valence-electron chi connectivity index (χ3n) is 4.52. The van der Waals surface area contributed by atoms with E-state index in [1.807, 2.05) is 19.1 Å². The maximum atomic E-state index is 13.7. The molecule has 1 heterocycles. The minimum Gasteiger partial charge on any atom is -0.118 e. The average Bonchev–Trinajstić information content (AvgIpc) is 2.87. The molecule has 21 heavy (non-hydrogen) atoms. The lowest BCUT2D eigenvalue weighted by Crippen LogP contribution is -2.06. The summed E-state index contributed by atoms with van der Waals surface area (Å²) in [6.07, 6.45) is 5.91. The molecule has 0 radical (unpaired) electrons. The lowest BCUT2D eigenvalue weighted by atomic mass is 9.88. The first-order valence-electron chi connectivity index (χ1n) is 7.67. The van der Waals surface area contributed by atoms with E-state index in [0.717, 1.165) is 49.5 Å². The topological polar surface area (TPSA) is 0 Å². The number of fused-ring (bicyclic) bond motifs is 1. The molecular weight excluding hydrogens is 293 g/mol. The third-order valence-corrected chi connectivity index (χ3v) is 6.70. The molecule has 1 unspecified atom stereocenters. The molecular formula is C17H20F3S+. The van der Waals surface area contributed by atoms with E-state index in [4.69, 9.17) is 0 Å². The van der Waals surface area contributed by atoms with E-state index in [9.17, 15) is 13.2 Å². The Morgan fingerprint density at radius 2 is 1.86 bits per heavy atom. The maximum Gasteiger partial charge on any atom is 0.600 e. The number of benzene rings is 1. The molecule has 2 aromatic rings. The van der Waals surface area contributed by atoms with Crippen LogP contribution in [0.4, 0.5) is 13.2 Å². The van der Waals surface area contributed by atoms with E-state index < -0.39 is 16.0 Å². The van der Waals surface area contributed by atoms with Gasteiger partial charge in [0.15, 0.2) is 9.58 Å².